The number of fused-ring (bicyclic) bond motifs is 1. The molecule has 4 rings (SSSR count). The van der Waals surface area contributed by atoms with Crippen molar-refractivity contribution >= 4 is 22.8 Å². The molecule has 0 radical (unpaired) electrons. The molecular weight excluding hydrogens is 482 g/mol. The van der Waals surface area contributed by atoms with Crippen LogP contribution in [0.2, 0.25) is 0 Å². The van der Waals surface area contributed by atoms with Gasteiger partial charge in [0.05, 0.1) is 18.8 Å². The lowest BCUT2D eigenvalue weighted by Gasteiger charge is -2.36. The standard InChI is InChI=1S/C30H39N3O5/c1-18(2)38-30(36)32-15-13-22(14-16-32)20(4)33-21(5)28(23-9-7-8-10-25(23)33)26(34)12-11-24-27(37-6)17-19(3)31-29(24)35/h7-10,17-18,20,22H,11-16H2,1-6H3,(H,31,35). The fourth-order valence-electron chi connectivity index (χ4n) is 5.79. The predicted molar refractivity (Wildman–Crippen MR) is 148 cm³/mol. The molecule has 0 aliphatic carbocycles. The Morgan fingerprint density at radius 1 is 1.11 bits per heavy atom. The number of aromatic nitrogens is 2. The summed E-state index contributed by atoms with van der Waals surface area (Å²) >= 11 is 0. The first kappa shape index (κ1) is 27.5. The summed E-state index contributed by atoms with van der Waals surface area (Å²) in [5.41, 5.74) is 3.68. The predicted octanol–water partition coefficient (Wildman–Crippen LogP) is 5.59. The number of piperidine rings is 1. The Balaban J connectivity index is 1.56. The topological polar surface area (TPSA) is 93.6 Å². The van der Waals surface area contributed by atoms with Crippen LogP contribution in [0.4, 0.5) is 4.79 Å². The molecule has 1 aromatic carbocycles. The van der Waals surface area contributed by atoms with E-state index >= 15 is 0 Å². The summed E-state index contributed by atoms with van der Waals surface area (Å²) in [5, 5.41) is 0.935. The van der Waals surface area contributed by atoms with Gasteiger partial charge in [0.1, 0.15) is 5.75 Å². The van der Waals surface area contributed by atoms with Crippen LogP contribution >= 0.6 is 0 Å². The first-order chi connectivity index (χ1) is 18.1. The van der Waals surface area contributed by atoms with Gasteiger partial charge in [0.25, 0.3) is 5.56 Å². The van der Waals surface area contributed by atoms with Gasteiger partial charge in [-0.25, -0.2) is 4.79 Å². The number of aromatic amines is 1. The number of benzene rings is 1. The van der Waals surface area contributed by atoms with Crippen molar-refractivity contribution < 1.29 is 19.1 Å². The highest BCUT2D eigenvalue weighted by atomic mass is 16.6. The molecule has 1 N–H and O–H groups in total. The summed E-state index contributed by atoms with van der Waals surface area (Å²) in [4.78, 5) is 43.1. The van der Waals surface area contributed by atoms with Crippen LogP contribution in [0.5, 0.6) is 5.75 Å². The molecule has 0 bridgehead atoms. The van der Waals surface area contributed by atoms with E-state index in [-0.39, 0.29) is 36.0 Å². The smallest absolute Gasteiger partial charge is 0.410 e. The molecule has 3 heterocycles. The van der Waals surface area contributed by atoms with Gasteiger partial charge in [-0.1, -0.05) is 18.2 Å². The molecule has 8 nitrogen and oxygen atoms in total. The van der Waals surface area contributed by atoms with Crippen LogP contribution in [0.1, 0.15) is 73.4 Å². The first-order valence-electron chi connectivity index (χ1n) is 13.5. The van der Waals surface area contributed by atoms with Crippen molar-refractivity contribution in [1.29, 1.82) is 0 Å². The van der Waals surface area contributed by atoms with Crippen molar-refractivity contribution in [2.24, 2.45) is 5.92 Å². The van der Waals surface area contributed by atoms with Crippen LogP contribution in [-0.2, 0) is 11.2 Å². The number of rotatable bonds is 8. The van der Waals surface area contributed by atoms with Crippen LogP contribution in [0, 0.1) is 19.8 Å². The van der Waals surface area contributed by atoms with Gasteiger partial charge in [-0.15, -0.1) is 0 Å². The van der Waals surface area contributed by atoms with E-state index in [1.807, 2.05) is 39.0 Å². The van der Waals surface area contributed by atoms with Crippen molar-refractivity contribution in [2.45, 2.75) is 72.4 Å². The first-order valence-corrected chi connectivity index (χ1v) is 13.5. The van der Waals surface area contributed by atoms with Gasteiger partial charge >= 0.3 is 6.09 Å². The summed E-state index contributed by atoms with van der Waals surface area (Å²) < 4.78 is 13.1. The zero-order chi connectivity index (χ0) is 27.6. The minimum Gasteiger partial charge on any atom is -0.496 e. The lowest BCUT2D eigenvalue weighted by atomic mass is 9.90. The number of likely N-dealkylation sites (tertiary alicyclic amines) is 1. The summed E-state index contributed by atoms with van der Waals surface area (Å²) in [6.07, 6.45) is 1.89. The second-order valence-corrected chi connectivity index (χ2v) is 10.6. The van der Waals surface area contributed by atoms with E-state index < -0.39 is 0 Å². The lowest BCUT2D eigenvalue weighted by Crippen LogP contribution is -2.41. The van der Waals surface area contributed by atoms with E-state index in [4.69, 9.17) is 9.47 Å². The number of nitrogens with zero attached hydrogens (tertiary/aromatic N) is 2. The van der Waals surface area contributed by atoms with Crippen LogP contribution in [0.15, 0.2) is 35.1 Å². The Labute approximate surface area is 223 Å². The largest absolute Gasteiger partial charge is 0.496 e. The molecule has 0 saturated carbocycles. The SMILES string of the molecule is COc1cc(C)[nH]c(=O)c1CCC(=O)c1c(C)n(C(C)C2CCN(C(=O)OC(C)C)CC2)c2ccccc12. The maximum Gasteiger partial charge on any atom is 0.410 e. The second kappa shape index (κ2) is 11.5. The van der Waals surface area contributed by atoms with Crippen LogP contribution in [0.25, 0.3) is 10.9 Å². The summed E-state index contributed by atoms with van der Waals surface area (Å²) in [7, 11) is 1.54. The molecule has 8 heteroatoms. The number of H-pyrrole nitrogens is 1. The third-order valence-corrected chi connectivity index (χ3v) is 7.71. The number of nitrogens with one attached hydrogen (secondary N) is 1. The van der Waals surface area contributed by atoms with E-state index in [1.165, 1.54) is 7.11 Å². The molecule has 204 valence electrons. The molecule has 1 amide bonds. The zero-order valence-electron chi connectivity index (χ0n) is 23.3. The maximum atomic E-state index is 13.6. The van der Waals surface area contributed by atoms with Crippen LogP contribution in [-0.4, -0.2) is 52.6 Å². The molecule has 1 fully saturated rings. The minimum atomic E-state index is -0.245. The van der Waals surface area contributed by atoms with Gasteiger partial charge in [-0.3, -0.25) is 9.59 Å². The monoisotopic (exact) mass is 521 g/mol. The zero-order valence-corrected chi connectivity index (χ0v) is 23.3. The highest BCUT2D eigenvalue weighted by molar-refractivity contribution is 6.09. The molecular formula is C30H39N3O5. The van der Waals surface area contributed by atoms with Crippen LogP contribution < -0.4 is 10.3 Å². The number of hydrogen-bond donors (Lipinski definition) is 1. The fourth-order valence-corrected chi connectivity index (χ4v) is 5.79. The summed E-state index contributed by atoms with van der Waals surface area (Å²) in [5.74, 6) is 0.888. The Morgan fingerprint density at radius 3 is 2.45 bits per heavy atom. The molecule has 0 spiro atoms. The van der Waals surface area contributed by atoms with Crippen LogP contribution in [0.3, 0.4) is 0 Å². The van der Waals surface area contributed by atoms with E-state index in [1.54, 1.807) is 17.9 Å². The van der Waals surface area contributed by atoms with E-state index in [0.29, 0.717) is 42.3 Å². The number of pyridine rings is 1. The van der Waals surface area contributed by atoms with Gasteiger partial charge in [0, 0.05) is 53.4 Å². The number of para-hydroxylation sites is 1. The van der Waals surface area contributed by atoms with Gasteiger partial charge in [0.2, 0.25) is 0 Å². The number of Topliss-reactive ketones (excluding diaryl/α,β-unsaturated/α-hetero) is 1. The van der Waals surface area contributed by atoms with Gasteiger partial charge in [-0.2, -0.15) is 0 Å². The van der Waals surface area contributed by atoms with Crippen molar-refractivity contribution in [2.75, 3.05) is 20.2 Å². The quantitative estimate of drug-likeness (QED) is 0.390. The number of methoxy groups -OCH3 is 1. The maximum absolute atomic E-state index is 13.6. The molecule has 1 unspecified atom stereocenters. The second-order valence-electron chi connectivity index (χ2n) is 10.6. The molecule has 1 aliphatic heterocycles. The van der Waals surface area contributed by atoms with Crippen molar-refractivity contribution in [3.8, 4) is 5.75 Å². The van der Waals surface area contributed by atoms with E-state index in [2.05, 4.69) is 22.5 Å². The number of ether oxygens (including phenoxy) is 2. The Kier molecular flexibility index (Phi) is 8.29. The number of hydrogen-bond acceptors (Lipinski definition) is 5. The number of ketones is 1. The third-order valence-electron chi connectivity index (χ3n) is 7.71. The molecule has 1 saturated heterocycles. The molecule has 1 atom stereocenters. The molecule has 3 aromatic rings. The minimum absolute atomic E-state index is 0.0120. The lowest BCUT2D eigenvalue weighted by molar-refractivity contribution is 0.0615. The normalized spacial score (nSPS) is 15.2. The summed E-state index contributed by atoms with van der Waals surface area (Å²) in [6, 6.07) is 9.97. The fraction of sp³-hybridized carbons (Fsp3) is 0.500. The highest BCUT2D eigenvalue weighted by Gasteiger charge is 2.31. The summed E-state index contributed by atoms with van der Waals surface area (Å²) in [6.45, 7) is 11.1. The van der Waals surface area contributed by atoms with E-state index in [0.717, 1.165) is 35.1 Å². The molecule has 38 heavy (non-hydrogen) atoms. The Morgan fingerprint density at radius 2 is 1.79 bits per heavy atom. The molecule has 2 aromatic heterocycles. The Bertz CT molecular complexity index is 1380. The average Bonchev–Trinajstić information content (AvgIpc) is 3.18. The number of carbonyl (C=O) groups is 2. The third kappa shape index (κ3) is 5.49. The van der Waals surface area contributed by atoms with Gasteiger partial charge in [0.15, 0.2) is 5.78 Å². The molecule has 1 aliphatic rings. The van der Waals surface area contributed by atoms with E-state index in [9.17, 15) is 14.4 Å². The van der Waals surface area contributed by atoms with Crippen molar-refractivity contribution in [3.05, 3.63) is 63.2 Å². The van der Waals surface area contributed by atoms with Gasteiger partial charge < -0.3 is 23.9 Å². The highest BCUT2D eigenvalue weighted by Crippen LogP contribution is 2.36. The number of aryl methyl sites for hydroxylation is 1. The van der Waals surface area contributed by atoms with Crippen molar-refractivity contribution in [3.63, 3.8) is 0 Å². The Hall–Kier alpha value is -3.55. The average molecular weight is 522 g/mol. The number of amides is 1. The number of carbonyl (C=O) groups excluding carboxylic acids is 2. The van der Waals surface area contributed by atoms with Gasteiger partial charge in [-0.05, 0) is 71.9 Å². The van der Waals surface area contributed by atoms with Crippen molar-refractivity contribution in [1.82, 2.24) is 14.5 Å².